The number of rotatable bonds is 18. The van der Waals surface area contributed by atoms with Crippen molar-refractivity contribution in [3.63, 3.8) is 0 Å². The Balaban J connectivity index is 2.01. The largest absolute Gasteiger partial charge is 0.490 e. The first-order chi connectivity index (χ1) is 17.5. The Hall–Kier alpha value is -2.94. The van der Waals surface area contributed by atoms with Crippen molar-refractivity contribution in [3.8, 4) is 17.2 Å². The second-order valence-corrected chi connectivity index (χ2v) is 8.09. The monoisotopic (exact) mass is 522 g/mol. The topological polar surface area (TPSA) is 92.7 Å². The molecule has 2 rings (SSSR count). The Morgan fingerprint density at radius 2 is 1.72 bits per heavy atom. The minimum atomic E-state index is -1.13. The lowest BCUT2D eigenvalue weighted by Crippen LogP contribution is -2.08. The van der Waals surface area contributed by atoms with E-state index in [0.29, 0.717) is 60.7 Å². The molecule has 36 heavy (non-hydrogen) atoms. The summed E-state index contributed by atoms with van der Waals surface area (Å²) in [7, 11) is 1.61. The number of halogens is 1. The van der Waals surface area contributed by atoms with Crippen LogP contribution in [0.3, 0.4) is 0 Å². The molecule has 0 aliphatic heterocycles. The van der Waals surface area contributed by atoms with Crippen molar-refractivity contribution in [2.24, 2.45) is 0 Å². The number of ether oxygens (including phenoxy) is 6. The van der Waals surface area contributed by atoms with Crippen LogP contribution in [0.15, 0.2) is 42.2 Å². The molecule has 2 aromatic rings. The molecule has 0 heterocycles. The van der Waals surface area contributed by atoms with E-state index >= 15 is 0 Å². The molecule has 0 aromatic heterocycles. The predicted octanol–water partition coefficient (Wildman–Crippen LogP) is 5.60. The van der Waals surface area contributed by atoms with Crippen LogP contribution in [0.4, 0.5) is 0 Å². The number of aliphatic carboxylic acids is 1. The number of hydrogen-bond acceptors (Lipinski definition) is 7. The molecule has 198 valence electrons. The lowest BCUT2D eigenvalue weighted by Gasteiger charge is -2.14. The number of unbranched alkanes of at least 4 members (excludes halogenated alkanes) is 1. The Bertz CT molecular complexity index is 976. The first-order valence-electron chi connectivity index (χ1n) is 11.9. The molecule has 0 aliphatic rings. The number of hydrogen-bond donors (Lipinski definition) is 1. The Morgan fingerprint density at radius 1 is 0.944 bits per heavy atom. The van der Waals surface area contributed by atoms with Gasteiger partial charge in [0.1, 0.15) is 5.75 Å². The quantitative estimate of drug-likeness (QED) is 0.117. The third kappa shape index (κ3) is 10.4. The fourth-order valence-electron chi connectivity index (χ4n) is 3.05. The van der Waals surface area contributed by atoms with Gasteiger partial charge in [0.2, 0.25) is 5.76 Å². The number of carbonyl (C=O) groups is 1. The number of benzene rings is 2. The van der Waals surface area contributed by atoms with Crippen molar-refractivity contribution < 1.29 is 38.3 Å². The summed E-state index contributed by atoms with van der Waals surface area (Å²) in [5, 5.41) is 9.81. The van der Waals surface area contributed by atoms with Crippen molar-refractivity contribution >= 4 is 23.6 Å². The summed E-state index contributed by atoms with van der Waals surface area (Å²) in [5.41, 5.74) is 1.64. The van der Waals surface area contributed by atoms with Crippen molar-refractivity contribution in [3.05, 3.63) is 58.3 Å². The van der Waals surface area contributed by atoms with Crippen molar-refractivity contribution in [2.75, 3.05) is 46.9 Å². The van der Waals surface area contributed by atoms with Gasteiger partial charge in [0, 0.05) is 13.5 Å². The molecule has 1 N–H and O–H groups in total. The highest BCUT2D eigenvalue weighted by molar-refractivity contribution is 6.32. The predicted molar refractivity (Wildman–Crippen MR) is 138 cm³/mol. The van der Waals surface area contributed by atoms with Crippen LogP contribution in [0.2, 0.25) is 5.02 Å². The summed E-state index contributed by atoms with van der Waals surface area (Å²) >= 11 is 6.34. The van der Waals surface area contributed by atoms with Crippen LogP contribution in [-0.2, 0) is 25.4 Å². The van der Waals surface area contributed by atoms with Crippen molar-refractivity contribution in [1.82, 2.24) is 0 Å². The summed E-state index contributed by atoms with van der Waals surface area (Å²) in [6.07, 6.45) is 3.97. The van der Waals surface area contributed by atoms with Crippen LogP contribution >= 0.6 is 11.6 Å². The second-order valence-electron chi connectivity index (χ2n) is 7.68. The fraction of sp³-hybridized carbons (Fsp3) is 0.444. The first-order valence-corrected chi connectivity index (χ1v) is 12.3. The molecule has 0 radical (unpaired) electrons. The van der Waals surface area contributed by atoms with Gasteiger partial charge in [0.25, 0.3) is 0 Å². The smallest absolute Gasteiger partial charge is 0.371 e. The average molecular weight is 523 g/mol. The zero-order valence-corrected chi connectivity index (χ0v) is 21.8. The minimum absolute atomic E-state index is 0.0933. The normalized spacial score (nSPS) is 11.3. The molecule has 2 aromatic carbocycles. The standard InChI is InChI=1S/C27H35ClO8/c1-4-6-12-34-25-17-21(18-26(27(29)30)33-5-2)8-10-24(25)35-13-11-20-7-9-23(22(28)16-20)36-19-32-15-14-31-3/h7-10,16-18H,4-6,11-15,19H2,1-3H3,(H,29,30). The minimum Gasteiger partial charge on any atom is -0.490 e. The zero-order valence-electron chi connectivity index (χ0n) is 21.1. The van der Waals surface area contributed by atoms with Crippen LogP contribution in [0, 0.1) is 0 Å². The van der Waals surface area contributed by atoms with Crippen LogP contribution < -0.4 is 14.2 Å². The summed E-state index contributed by atoms with van der Waals surface area (Å²) in [6.45, 7) is 6.04. The Kier molecular flexibility index (Phi) is 13.6. The van der Waals surface area contributed by atoms with E-state index in [1.165, 1.54) is 6.08 Å². The molecule has 0 saturated heterocycles. The summed E-state index contributed by atoms with van der Waals surface area (Å²) in [6, 6.07) is 10.9. The van der Waals surface area contributed by atoms with Crippen LogP contribution in [0.5, 0.6) is 17.2 Å². The molecule has 0 unspecified atom stereocenters. The average Bonchev–Trinajstić information content (AvgIpc) is 2.86. The number of carboxylic acids is 1. The van der Waals surface area contributed by atoms with Gasteiger partial charge in [-0.2, -0.15) is 0 Å². The van der Waals surface area contributed by atoms with Gasteiger partial charge in [-0.05, 0) is 54.8 Å². The summed E-state index contributed by atoms with van der Waals surface area (Å²) < 4.78 is 32.9. The van der Waals surface area contributed by atoms with Crippen molar-refractivity contribution in [2.45, 2.75) is 33.1 Å². The van der Waals surface area contributed by atoms with E-state index in [0.717, 1.165) is 18.4 Å². The van der Waals surface area contributed by atoms with E-state index in [-0.39, 0.29) is 19.2 Å². The van der Waals surface area contributed by atoms with Gasteiger partial charge in [0.05, 0.1) is 38.1 Å². The van der Waals surface area contributed by atoms with E-state index in [2.05, 4.69) is 6.92 Å². The lowest BCUT2D eigenvalue weighted by molar-refractivity contribution is -0.136. The van der Waals surface area contributed by atoms with Gasteiger partial charge in [-0.15, -0.1) is 0 Å². The van der Waals surface area contributed by atoms with Gasteiger partial charge in [-0.1, -0.05) is 37.1 Å². The molecule has 0 aliphatic carbocycles. The molecule has 8 nitrogen and oxygen atoms in total. The van der Waals surface area contributed by atoms with Gasteiger partial charge in [0.15, 0.2) is 18.3 Å². The zero-order chi connectivity index (χ0) is 26.2. The molecule has 9 heteroatoms. The van der Waals surface area contributed by atoms with Crippen LogP contribution in [0.25, 0.3) is 6.08 Å². The van der Waals surface area contributed by atoms with E-state index in [4.69, 9.17) is 40.0 Å². The Morgan fingerprint density at radius 3 is 2.42 bits per heavy atom. The third-order valence-corrected chi connectivity index (χ3v) is 5.20. The first kappa shape index (κ1) is 29.3. The molecule has 0 bridgehead atoms. The van der Waals surface area contributed by atoms with Gasteiger partial charge < -0.3 is 33.5 Å². The second kappa shape index (κ2) is 16.7. The Labute approximate surface area is 217 Å². The molecular formula is C27H35ClO8. The molecular weight excluding hydrogens is 488 g/mol. The maximum Gasteiger partial charge on any atom is 0.371 e. The maximum absolute atomic E-state index is 11.4. The van der Waals surface area contributed by atoms with Crippen LogP contribution in [-0.4, -0.2) is 58.0 Å². The van der Waals surface area contributed by atoms with E-state index < -0.39 is 5.97 Å². The number of methoxy groups -OCH3 is 1. The highest BCUT2D eigenvalue weighted by Crippen LogP contribution is 2.30. The van der Waals surface area contributed by atoms with Crippen LogP contribution in [0.1, 0.15) is 37.8 Å². The highest BCUT2D eigenvalue weighted by Gasteiger charge is 2.12. The van der Waals surface area contributed by atoms with Gasteiger partial charge >= 0.3 is 5.97 Å². The molecule has 0 saturated carbocycles. The number of carboxylic acid groups (broad SMARTS) is 1. The molecule has 0 fully saturated rings. The van der Waals surface area contributed by atoms with E-state index in [9.17, 15) is 9.90 Å². The maximum atomic E-state index is 11.4. The van der Waals surface area contributed by atoms with Gasteiger partial charge in [-0.25, -0.2) is 4.79 Å². The fourth-order valence-corrected chi connectivity index (χ4v) is 3.30. The molecule has 0 spiro atoms. The molecule has 0 atom stereocenters. The highest BCUT2D eigenvalue weighted by atomic mass is 35.5. The van der Waals surface area contributed by atoms with E-state index in [1.54, 1.807) is 38.3 Å². The van der Waals surface area contributed by atoms with Crippen molar-refractivity contribution in [1.29, 1.82) is 0 Å². The van der Waals surface area contributed by atoms with E-state index in [1.807, 2.05) is 12.1 Å². The van der Waals surface area contributed by atoms with Gasteiger partial charge in [-0.3, -0.25) is 0 Å². The summed E-state index contributed by atoms with van der Waals surface area (Å²) in [5.74, 6) is 0.419. The molecule has 0 amide bonds. The lowest BCUT2D eigenvalue weighted by atomic mass is 10.1. The SMILES string of the molecule is CCCCOc1cc(C=C(OCC)C(=O)O)ccc1OCCc1ccc(OCOCCOC)c(Cl)c1. The third-order valence-electron chi connectivity index (χ3n) is 4.91. The summed E-state index contributed by atoms with van der Waals surface area (Å²) in [4.78, 5) is 11.4.